The quantitative estimate of drug-likeness (QED) is 0.628. The van der Waals surface area contributed by atoms with Crippen LogP contribution in [0.15, 0.2) is 52.2 Å². The monoisotopic (exact) mass is 439 g/mol. The SMILES string of the molecule is COc1cc(Cl)c(S(=O)(=O)Nc2ccc(-c3nc(C)cc(=O)[nH]3)cc2)cc1Cl. The number of rotatable bonds is 5. The minimum absolute atomic E-state index is 0.0214. The first-order valence-corrected chi connectivity index (χ1v) is 10.2. The number of methoxy groups -OCH3 is 1. The number of aromatic nitrogens is 2. The first-order chi connectivity index (χ1) is 13.2. The highest BCUT2D eigenvalue weighted by Crippen LogP contribution is 2.34. The van der Waals surface area contributed by atoms with Crippen LogP contribution in [0.1, 0.15) is 5.69 Å². The Morgan fingerprint density at radius 1 is 1.07 bits per heavy atom. The molecule has 0 aliphatic carbocycles. The van der Waals surface area contributed by atoms with Gasteiger partial charge in [0, 0.05) is 29.1 Å². The molecule has 0 amide bonds. The smallest absolute Gasteiger partial charge is 0.263 e. The second kappa shape index (κ2) is 7.83. The predicted molar refractivity (Wildman–Crippen MR) is 109 cm³/mol. The van der Waals surface area contributed by atoms with E-state index in [1.165, 1.54) is 25.3 Å². The van der Waals surface area contributed by atoms with Crippen LogP contribution in [-0.4, -0.2) is 25.5 Å². The number of aryl methyl sites for hydroxylation is 1. The van der Waals surface area contributed by atoms with Gasteiger partial charge in [0.15, 0.2) is 0 Å². The Morgan fingerprint density at radius 3 is 2.36 bits per heavy atom. The van der Waals surface area contributed by atoms with E-state index in [1.54, 1.807) is 31.2 Å². The van der Waals surface area contributed by atoms with E-state index in [2.05, 4.69) is 14.7 Å². The van der Waals surface area contributed by atoms with Gasteiger partial charge in [-0.2, -0.15) is 0 Å². The lowest BCUT2D eigenvalue weighted by Gasteiger charge is -2.12. The third-order valence-electron chi connectivity index (χ3n) is 3.78. The summed E-state index contributed by atoms with van der Waals surface area (Å²) in [6, 6.07) is 10.3. The highest BCUT2D eigenvalue weighted by Gasteiger charge is 2.21. The van der Waals surface area contributed by atoms with E-state index in [9.17, 15) is 13.2 Å². The molecule has 10 heteroatoms. The van der Waals surface area contributed by atoms with Crippen molar-refractivity contribution in [3.05, 3.63) is 68.6 Å². The first kappa shape index (κ1) is 20.2. The lowest BCUT2D eigenvalue weighted by molar-refractivity contribution is 0.414. The fourth-order valence-corrected chi connectivity index (χ4v) is 4.40. The molecule has 0 unspecified atom stereocenters. The van der Waals surface area contributed by atoms with E-state index in [1.807, 2.05) is 0 Å². The Balaban J connectivity index is 1.89. The Kier molecular flexibility index (Phi) is 5.64. The predicted octanol–water partition coefficient (Wildman–Crippen LogP) is 3.86. The van der Waals surface area contributed by atoms with Gasteiger partial charge >= 0.3 is 0 Å². The van der Waals surface area contributed by atoms with Crippen LogP contribution in [0.2, 0.25) is 10.0 Å². The van der Waals surface area contributed by atoms with Crippen molar-refractivity contribution in [1.29, 1.82) is 0 Å². The molecular formula is C18H15Cl2N3O4S. The van der Waals surface area contributed by atoms with Gasteiger partial charge in [-0.05, 0) is 37.3 Å². The standard InChI is InChI=1S/C18H15Cl2N3O4S/c1-10-7-17(24)22-18(21-10)11-3-5-12(6-4-11)23-28(25,26)16-9-13(19)15(27-2)8-14(16)20/h3-9,23H,1-2H3,(H,21,22,24). The summed E-state index contributed by atoms with van der Waals surface area (Å²) in [5.41, 5.74) is 1.25. The highest BCUT2D eigenvalue weighted by atomic mass is 35.5. The molecule has 1 aromatic heterocycles. The maximum Gasteiger partial charge on any atom is 0.263 e. The fraction of sp³-hybridized carbons (Fsp3) is 0.111. The molecule has 0 saturated heterocycles. The molecular weight excluding hydrogens is 425 g/mol. The maximum atomic E-state index is 12.7. The fourth-order valence-electron chi connectivity index (χ4n) is 2.49. The highest BCUT2D eigenvalue weighted by molar-refractivity contribution is 7.92. The van der Waals surface area contributed by atoms with E-state index in [4.69, 9.17) is 27.9 Å². The van der Waals surface area contributed by atoms with Crippen LogP contribution >= 0.6 is 23.2 Å². The summed E-state index contributed by atoms with van der Waals surface area (Å²) in [6.45, 7) is 1.71. The third-order valence-corrected chi connectivity index (χ3v) is 5.92. The summed E-state index contributed by atoms with van der Waals surface area (Å²) < 4.78 is 32.8. The molecule has 2 aromatic carbocycles. The second-order valence-corrected chi connectivity index (χ2v) is 8.30. The van der Waals surface area contributed by atoms with E-state index in [0.717, 1.165) is 0 Å². The molecule has 0 aliphatic rings. The number of ether oxygens (including phenoxy) is 1. The van der Waals surface area contributed by atoms with Gasteiger partial charge in [-0.15, -0.1) is 0 Å². The average Bonchev–Trinajstić information content (AvgIpc) is 2.62. The molecule has 0 fully saturated rings. The number of hydrogen-bond donors (Lipinski definition) is 2. The third kappa shape index (κ3) is 4.30. The van der Waals surface area contributed by atoms with Crippen molar-refractivity contribution in [1.82, 2.24) is 9.97 Å². The molecule has 0 spiro atoms. The van der Waals surface area contributed by atoms with Crippen LogP contribution in [0.5, 0.6) is 5.75 Å². The van der Waals surface area contributed by atoms with Crippen molar-refractivity contribution in [2.45, 2.75) is 11.8 Å². The van der Waals surface area contributed by atoms with Crippen LogP contribution in [0.3, 0.4) is 0 Å². The van der Waals surface area contributed by atoms with Crippen LogP contribution in [0, 0.1) is 6.92 Å². The molecule has 0 radical (unpaired) electrons. The number of sulfonamides is 1. The number of nitrogens with zero attached hydrogens (tertiary/aromatic N) is 1. The summed E-state index contributed by atoms with van der Waals surface area (Å²) in [6.07, 6.45) is 0. The number of nitrogens with one attached hydrogen (secondary N) is 2. The van der Waals surface area contributed by atoms with Crippen LogP contribution in [0.25, 0.3) is 11.4 Å². The number of anilines is 1. The van der Waals surface area contributed by atoms with Gasteiger partial charge in [0.05, 0.1) is 17.2 Å². The molecule has 28 heavy (non-hydrogen) atoms. The number of aromatic amines is 1. The summed E-state index contributed by atoms with van der Waals surface area (Å²) in [5.74, 6) is 0.666. The van der Waals surface area contributed by atoms with Gasteiger partial charge in [0.1, 0.15) is 16.5 Å². The molecule has 3 rings (SSSR count). The Bertz CT molecular complexity index is 1190. The minimum Gasteiger partial charge on any atom is -0.495 e. The molecule has 146 valence electrons. The number of benzene rings is 2. The first-order valence-electron chi connectivity index (χ1n) is 7.94. The molecule has 1 heterocycles. The van der Waals surface area contributed by atoms with Gasteiger partial charge < -0.3 is 9.72 Å². The van der Waals surface area contributed by atoms with E-state index in [-0.39, 0.29) is 26.2 Å². The minimum atomic E-state index is -3.98. The van der Waals surface area contributed by atoms with Crippen LogP contribution in [0.4, 0.5) is 5.69 Å². The van der Waals surface area contributed by atoms with Crippen molar-refractivity contribution in [3.63, 3.8) is 0 Å². The van der Waals surface area contributed by atoms with Crippen molar-refractivity contribution >= 4 is 38.9 Å². The van der Waals surface area contributed by atoms with Gasteiger partial charge in [-0.3, -0.25) is 9.52 Å². The Morgan fingerprint density at radius 2 is 1.75 bits per heavy atom. The second-order valence-electron chi connectivity index (χ2n) is 5.84. The topological polar surface area (TPSA) is 101 Å². The van der Waals surface area contributed by atoms with E-state index >= 15 is 0 Å². The summed E-state index contributed by atoms with van der Waals surface area (Å²) in [4.78, 5) is 18.3. The van der Waals surface area contributed by atoms with Crippen molar-refractivity contribution < 1.29 is 13.2 Å². The number of halogens is 2. The molecule has 7 nitrogen and oxygen atoms in total. The Labute approximate surface area is 171 Å². The largest absolute Gasteiger partial charge is 0.495 e. The zero-order valence-electron chi connectivity index (χ0n) is 14.8. The van der Waals surface area contributed by atoms with Crippen molar-refractivity contribution in [2.75, 3.05) is 11.8 Å². The maximum absolute atomic E-state index is 12.7. The van der Waals surface area contributed by atoms with Gasteiger partial charge in [-0.1, -0.05) is 23.2 Å². The molecule has 3 aromatic rings. The van der Waals surface area contributed by atoms with Gasteiger partial charge in [0.2, 0.25) is 0 Å². The average molecular weight is 440 g/mol. The normalized spacial score (nSPS) is 11.3. The number of hydrogen-bond acceptors (Lipinski definition) is 5. The zero-order valence-corrected chi connectivity index (χ0v) is 17.1. The molecule has 0 atom stereocenters. The molecule has 0 aliphatic heterocycles. The van der Waals surface area contributed by atoms with Crippen LogP contribution in [-0.2, 0) is 10.0 Å². The lowest BCUT2D eigenvalue weighted by atomic mass is 10.2. The Hall–Kier alpha value is -2.55. The number of H-pyrrole nitrogens is 1. The van der Waals surface area contributed by atoms with E-state index < -0.39 is 10.0 Å². The van der Waals surface area contributed by atoms with Gasteiger partial charge in [-0.25, -0.2) is 13.4 Å². The zero-order chi connectivity index (χ0) is 20.5. The summed E-state index contributed by atoms with van der Waals surface area (Å²) in [7, 11) is -2.57. The van der Waals surface area contributed by atoms with Crippen LogP contribution < -0.4 is 15.0 Å². The molecule has 2 N–H and O–H groups in total. The van der Waals surface area contributed by atoms with Gasteiger partial charge in [0.25, 0.3) is 15.6 Å². The molecule has 0 bridgehead atoms. The summed E-state index contributed by atoms with van der Waals surface area (Å²) >= 11 is 12.1. The molecule has 0 saturated carbocycles. The lowest BCUT2D eigenvalue weighted by Crippen LogP contribution is -2.13. The summed E-state index contributed by atoms with van der Waals surface area (Å²) in [5, 5.41) is 0.101. The van der Waals surface area contributed by atoms with Crippen molar-refractivity contribution in [3.8, 4) is 17.1 Å². The van der Waals surface area contributed by atoms with E-state index in [0.29, 0.717) is 22.8 Å². The van der Waals surface area contributed by atoms with Crippen molar-refractivity contribution in [2.24, 2.45) is 0 Å².